The van der Waals surface area contributed by atoms with E-state index in [-0.39, 0.29) is 5.91 Å². The molecule has 0 spiro atoms. The van der Waals surface area contributed by atoms with Crippen LogP contribution in [0.4, 0.5) is 0 Å². The molecule has 1 fully saturated rings. The summed E-state index contributed by atoms with van der Waals surface area (Å²) in [6.45, 7) is 2.56. The Bertz CT molecular complexity index is 690. The molecule has 0 N–H and O–H groups in total. The molecule has 110 valence electrons. The first-order valence-corrected chi connectivity index (χ1v) is 7.37. The average Bonchev–Trinajstić information content (AvgIpc) is 2.61. The van der Waals surface area contributed by atoms with E-state index in [1.165, 1.54) is 0 Å². The maximum absolute atomic E-state index is 12.3. The average molecular weight is 291 g/mol. The van der Waals surface area contributed by atoms with E-state index in [0.29, 0.717) is 31.9 Å². The molecule has 1 aliphatic rings. The van der Waals surface area contributed by atoms with Crippen molar-refractivity contribution in [2.24, 2.45) is 0 Å². The summed E-state index contributed by atoms with van der Waals surface area (Å²) in [4.78, 5) is 14.2. The molecule has 0 unspecified atom stereocenters. The van der Waals surface area contributed by atoms with Crippen molar-refractivity contribution in [2.45, 2.75) is 0 Å². The minimum atomic E-state index is 0.0610. The van der Waals surface area contributed by atoms with Crippen LogP contribution in [0, 0.1) is 11.8 Å². The zero-order chi connectivity index (χ0) is 15.2. The molecule has 0 bridgehead atoms. The third kappa shape index (κ3) is 3.55. The van der Waals surface area contributed by atoms with Crippen molar-refractivity contribution in [3.63, 3.8) is 0 Å². The summed E-state index contributed by atoms with van der Waals surface area (Å²) < 4.78 is 5.27. The Morgan fingerprint density at radius 1 is 0.864 bits per heavy atom. The first-order valence-electron chi connectivity index (χ1n) is 7.37. The fourth-order valence-electron chi connectivity index (χ4n) is 2.31. The smallest absolute Gasteiger partial charge is 0.254 e. The Morgan fingerprint density at radius 2 is 1.45 bits per heavy atom. The van der Waals surface area contributed by atoms with Gasteiger partial charge in [0, 0.05) is 29.8 Å². The summed E-state index contributed by atoms with van der Waals surface area (Å²) in [5.41, 5.74) is 2.59. The normalized spacial score (nSPS) is 14.1. The summed E-state index contributed by atoms with van der Waals surface area (Å²) in [6.07, 6.45) is 0. The predicted octanol–water partition coefficient (Wildman–Crippen LogP) is 2.56. The number of ether oxygens (including phenoxy) is 1. The van der Waals surface area contributed by atoms with E-state index in [9.17, 15) is 4.79 Å². The molecule has 0 radical (unpaired) electrons. The highest BCUT2D eigenvalue weighted by Crippen LogP contribution is 2.09. The molecule has 3 nitrogen and oxygen atoms in total. The Labute approximate surface area is 130 Å². The molecule has 3 rings (SSSR count). The zero-order valence-electron chi connectivity index (χ0n) is 12.3. The largest absolute Gasteiger partial charge is 0.378 e. The highest BCUT2D eigenvalue weighted by Gasteiger charge is 2.17. The van der Waals surface area contributed by atoms with E-state index in [0.717, 1.165) is 11.1 Å². The van der Waals surface area contributed by atoms with E-state index in [2.05, 4.69) is 11.8 Å². The Balaban J connectivity index is 1.70. The second-order valence-electron chi connectivity index (χ2n) is 5.10. The Morgan fingerprint density at radius 3 is 2.09 bits per heavy atom. The predicted molar refractivity (Wildman–Crippen MR) is 85.6 cm³/mol. The molecule has 2 aromatic rings. The van der Waals surface area contributed by atoms with Crippen LogP contribution in [0.2, 0.25) is 0 Å². The number of morpholine rings is 1. The van der Waals surface area contributed by atoms with Crippen LogP contribution < -0.4 is 0 Å². The van der Waals surface area contributed by atoms with Crippen molar-refractivity contribution in [2.75, 3.05) is 26.3 Å². The van der Waals surface area contributed by atoms with Gasteiger partial charge in [-0.15, -0.1) is 0 Å². The lowest BCUT2D eigenvalue weighted by Crippen LogP contribution is -2.40. The van der Waals surface area contributed by atoms with Crippen LogP contribution in [0.3, 0.4) is 0 Å². The topological polar surface area (TPSA) is 29.5 Å². The second kappa shape index (κ2) is 6.93. The van der Waals surface area contributed by atoms with Crippen LogP contribution >= 0.6 is 0 Å². The number of carbonyl (C=O) groups is 1. The van der Waals surface area contributed by atoms with Gasteiger partial charge in [0.2, 0.25) is 0 Å². The van der Waals surface area contributed by atoms with Gasteiger partial charge in [0.1, 0.15) is 0 Å². The van der Waals surface area contributed by atoms with Gasteiger partial charge >= 0.3 is 0 Å². The standard InChI is InChI=1S/C19H17NO2/c21-19(20-12-14-22-15-13-20)18-10-8-17(9-11-18)7-6-16-4-2-1-3-5-16/h1-5,8-11H,12-15H2. The molecule has 0 aromatic heterocycles. The lowest BCUT2D eigenvalue weighted by molar-refractivity contribution is 0.0303. The number of rotatable bonds is 1. The van der Waals surface area contributed by atoms with Crippen LogP contribution in [0.1, 0.15) is 21.5 Å². The van der Waals surface area contributed by atoms with E-state index in [4.69, 9.17) is 4.74 Å². The maximum Gasteiger partial charge on any atom is 0.254 e. The van der Waals surface area contributed by atoms with E-state index >= 15 is 0 Å². The van der Waals surface area contributed by atoms with Crippen molar-refractivity contribution >= 4 is 5.91 Å². The molecule has 0 aliphatic carbocycles. The van der Waals surface area contributed by atoms with Gasteiger partial charge in [0.05, 0.1) is 13.2 Å². The van der Waals surface area contributed by atoms with Gasteiger partial charge in [-0.1, -0.05) is 30.0 Å². The summed E-state index contributed by atoms with van der Waals surface area (Å²) in [5.74, 6) is 6.28. The zero-order valence-corrected chi connectivity index (χ0v) is 12.3. The third-order valence-corrected chi connectivity index (χ3v) is 3.56. The van der Waals surface area contributed by atoms with Gasteiger partial charge in [-0.05, 0) is 36.4 Å². The fraction of sp³-hybridized carbons (Fsp3) is 0.211. The molecule has 2 aromatic carbocycles. The fourth-order valence-corrected chi connectivity index (χ4v) is 2.31. The lowest BCUT2D eigenvalue weighted by atomic mass is 10.1. The van der Waals surface area contributed by atoms with Gasteiger partial charge < -0.3 is 9.64 Å². The van der Waals surface area contributed by atoms with Gasteiger partial charge in [0.15, 0.2) is 0 Å². The van der Waals surface area contributed by atoms with Crippen molar-refractivity contribution < 1.29 is 9.53 Å². The monoisotopic (exact) mass is 291 g/mol. The summed E-state index contributed by atoms with van der Waals surface area (Å²) in [6, 6.07) is 17.3. The van der Waals surface area contributed by atoms with Crippen LogP contribution in [0.5, 0.6) is 0 Å². The van der Waals surface area contributed by atoms with Crippen molar-refractivity contribution in [1.29, 1.82) is 0 Å². The number of nitrogens with zero attached hydrogens (tertiary/aromatic N) is 1. The maximum atomic E-state index is 12.3. The van der Waals surface area contributed by atoms with Gasteiger partial charge in [-0.25, -0.2) is 0 Å². The molecule has 3 heteroatoms. The Hall–Kier alpha value is -2.57. The summed E-state index contributed by atoms with van der Waals surface area (Å²) in [5, 5.41) is 0. The van der Waals surface area contributed by atoms with Crippen molar-refractivity contribution in [3.05, 3.63) is 71.3 Å². The number of carbonyl (C=O) groups excluding carboxylic acids is 1. The van der Waals surface area contributed by atoms with Crippen LogP contribution in [-0.2, 0) is 4.74 Å². The van der Waals surface area contributed by atoms with E-state index < -0.39 is 0 Å². The highest BCUT2D eigenvalue weighted by molar-refractivity contribution is 5.94. The van der Waals surface area contributed by atoms with Gasteiger partial charge in [0.25, 0.3) is 5.91 Å². The number of hydrogen-bond acceptors (Lipinski definition) is 2. The SMILES string of the molecule is O=C(c1ccc(C#Cc2ccccc2)cc1)N1CCOCC1. The van der Waals surface area contributed by atoms with Crippen LogP contribution in [0.15, 0.2) is 54.6 Å². The number of hydrogen-bond donors (Lipinski definition) is 0. The molecule has 0 saturated carbocycles. The van der Waals surface area contributed by atoms with Gasteiger partial charge in [-0.2, -0.15) is 0 Å². The van der Waals surface area contributed by atoms with Gasteiger partial charge in [-0.3, -0.25) is 4.79 Å². The molecular weight excluding hydrogens is 274 g/mol. The van der Waals surface area contributed by atoms with Crippen molar-refractivity contribution in [3.8, 4) is 11.8 Å². The molecule has 1 aliphatic heterocycles. The summed E-state index contributed by atoms with van der Waals surface area (Å²) in [7, 11) is 0. The van der Waals surface area contributed by atoms with E-state index in [1.54, 1.807) is 0 Å². The number of amides is 1. The molecule has 1 saturated heterocycles. The quantitative estimate of drug-likeness (QED) is 0.756. The molecule has 0 atom stereocenters. The minimum Gasteiger partial charge on any atom is -0.378 e. The van der Waals surface area contributed by atoms with Crippen LogP contribution in [-0.4, -0.2) is 37.1 Å². The molecular formula is C19H17NO2. The molecule has 1 heterocycles. The highest BCUT2D eigenvalue weighted by atomic mass is 16.5. The first kappa shape index (κ1) is 14.4. The Kier molecular flexibility index (Phi) is 4.53. The van der Waals surface area contributed by atoms with Crippen LogP contribution in [0.25, 0.3) is 0 Å². The minimum absolute atomic E-state index is 0.0610. The number of benzene rings is 2. The third-order valence-electron chi connectivity index (χ3n) is 3.56. The molecule has 22 heavy (non-hydrogen) atoms. The summed E-state index contributed by atoms with van der Waals surface area (Å²) >= 11 is 0. The first-order chi connectivity index (χ1) is 10.8. The van der Waals surface area contributed by atoms with Crippen molar-refractivity contribution in [1.82, 2.24) is 4.90 Å². The second-order valence-corrected chi connectivity index (χ2v) is 5.10. The lowest BCUT2D eigenvalue weighted by Gasteiger charge is -2.26. The molecule has 1 amide bonds. The van der Waals surface area contributed by atoms with E-state index in [1.807, 2.05) is 59.5 Å².